The molecule has 10 heteroatoms. The minimum Gasteiger partial charge on any atom is -0.487 e. The van der Waals surface area contributed by atoms with Crippen LogP contribution in [0.25, 0.3) is 0 Å². The maximum Gasteiger partial charge on any atom is 0.266 e. The van der Waals surface area contributed by atoms with E-state index in [0.29, 0.717) is 24.4 Å². The molecule has 6 nitrogen and oxygen atoms in total. The summed E-state index contributed by atoms with van der Waals surface area (Å²) in [5.74, 6) is -1.33. The summed E-state index contributed by atoms with van der Waals surface area (Å²) in [6.45, 7) is 3.57. The lowest BCUT2D eigenvalue weighted by molar-refractivity contribution is -0.122. The Morgan fingerprint density at radius 2 is 1.82 bits per heavy atom. The average Bonchev–Trinajstić information content (AvgIpc) is 2.77. The van der Waals surface area contributed by atoms with Crippen LogP contribution in [0.2, 0.25) is 0 Å². The van der Waals surface area contributed by atoms with Crippen molar-refractivity contribution in [1.29, 1.82) is 0 Å². The first-order chi connectivity index (χ1) is 15.7. The van der Waals surface area contributed by atoms with Crippen molar-refractivity contribution < 1.29 is 18.3 Å². The molecule has 0 aliphatic rings. The summed E-state index contributed by atoms with van der Waals surface area (Å²) >= 11 is 3.27. The Kier molecular flexibility index (Phi) is 9.78. The molecule has 1 heterocycles. The molecule has 3 aromatic rings. The smallest absolute Gasteiger partial charge is 0.266 e. The minimum atomic E-state index is -0.721. The lowest BCUT2D eigenvalue weighted by atomic mass is 10.0. The monoisotopic (exact) mass is 555 g/mol. The number of aryl methyl sites for hydroxylation is 1. The second kappa shape index (κ2) is 12.1. The number of halogens is 4. The molecule has 0 unspecified atom stereocenters. The van der Waals surface area contributed by atoms with Crippen LogP contribution < -0.4 is 21.3 Å². The van der Waals surface area contributed by atoms with Crippen LogP contribution >= 0.6 is 28.3 Å². The second-order valence-electron chi connectivity index (χ2n) is 7.72. The number of carbonyl (C=O) groups excluding carboxylic acids is 1. The maximum absolute atomic E-state index is 14.0. The van der Waals surface area contributed by atoms with Gasteiger partial charge in [0, 0.05) is 35.9 Å². The number of nitrogens with two attached hydrogens (primary N) is 1. The van der Waals surface area contributed by atoms with Crippen molar-refractivity contribution in [2.75, 3.05) is 0 Å². The number of pyridine rings is 1. The fourth-order valence-electron chi connectivity index (χ4n) is 3.19. The number of rotatable bonds is 8. The van der Waals surface area contributed by atoms with E-state index < -0.39 is 17.7 Å². The van der Waals surface area contributed by atoms with Crippen LogP contribution in [-0.4, -0.2) is 16.9 Å². The van der Waals surface area contributed by atoms with Crippen molar-refractivity contribution in [3.05, 3.63) is 96.9 Å². The molecule has 2 aromatic carbocycles. The van der Waals surface area contributed by atoms with Gasteiger partial charge in [0.05, 0.1) is 6.04 Å². The van der Waals surface area contributed by atoms with Crippen LogP contribution in [0.5, 0.6) is 5.75 Å². The molecule has 3 rings (SSSR count). The van der Waals surface area contributed by atoms with Gasteiger partial charge in [0.15, 0.2) is 0 Å². The van der Waals surface area contributed by atoms with Gasteiger partial charge in [-0.25, -0.2) is 8.78 Å². The van der Waals surface area contributed by atoms with E-state index in [1.807, 2.05) is 24.3 Å². The topological polar surface area (TPSA) is 97.2 Å². The molecular weight excluding hydrogens is 532 g/mol. The Balaban J connectivity index is 0.00000408. The fourth-order valence-corrected chi connectivity index (χ4v) is 3.64. The van der Waals surface area contributed by atoms with Gasteiger partial charge in [-0.1, -0.05) is 24.3 Å². The van der Waals surface area contributed by atoms with Crippen LogP contribution in [-0.2, 0) is 24.4 Å². The summed E-state index contributed by atoms with van der Waals surface area (Å²) in [7, 11) is 0. The summed E-state index contributed by atoms with van der Waals surface area (Å²) in [6, 6.07) is 10.3. The van der Waals surface area contributed by atoms with Crippen LogP contribution in [0, 0.1) is 18.6 Å². The van der Waals surface area contributed by atoms with E-state index in [1.165, 1.54) is 6.07 Å². The van der Waals surface area contributed by atoms with Gasteiger partial charge < -0.3 is 20.8 Å². The lowest BCUT2D eigenvalue weighted by Crippen LogP contribution is -2.37. The molecule has 0 fully saturated rings. The molecule has 182 valence electrons. The highest BCUT2D eigenvalue weighted by Crippen LogP contribution is 2.31. The predicted octanol–water partition coefficient (Wildman–Crippen LogP) is 4.28. The third-order valence-corrected chi connectivity index (χ3v) is 5.82. The standard InChI is InChI=1S/C24H24BrF2N3O3.ClH/c1-13(28)23(31)29-11-16-5-3-15(4-6-16)9-19-14(2)30-24(32)21(25)22(19)33-12-17-7-8-18(26)10-20(17)27;/h3-8,10,13H,9,11-12,28H2,1-2H3,(H,29,31)(H,30,32);1H/t13-;/m1./s1. The molecule has 0 radical (unpaired) electrons. The largest absolute Gasteiger partial charge is 0.487 e. The molecule has 1 amide bonds. The van der Waals surface area contributed by atoms with Crippen molar-refractivity contribution in [2.45, 2.75) is 39.5 Å². The number of aromatic nitrogens is 1. The number of H-pyrrole nitrogens is 1. The predicted molar refractivity (Wildman–Crippen MR) is 132 cm³/mol. The summed E-state index contributed by atoms with van der Waals surface area (Å²) in [5.41, 5.74) is 8.54. The quantitative estimate of drug-likeness (QED) is 0.386. The highest BCUT2D eigenvalue weighted by Gasteiger charge is 2.17. The number of amides is 1. The number of aromatic amines is 1. The summed E-state index contributed by atoms with van der Waals surface area (Å²) in [4.78, 5) is 26.7. The highest BCUT2D eigenvalue weighted by molar-refractivity contribution is 9.10. The number of benzene rings is 2. The summed E-state index contributed by atoms with van der Waals surface area (Å²) < 4.78 is 33.2. The van der Waals surface area contributed by atoms with Crippen molar-refractivity contribution in [1.82, 2.24) is 10.3 Å². The van der Waals surface area contributed by atoms with Gasteiger partial charge in [-0.3, -0.25) is 9.59 Å². The molecule has 0 aliphatic carbocycles. The van der Waals surface area contributed by atoms with Crippen LogP contribution in [0.1, 0.15) is 34.9 Å². The van der Waals surface area contributed by atoms with E-state index in [1.54, 1.807) is 13.8 Å². The van der Waals surface area contributed by atoms with Gasteiger partial charge in [-0.15, -0.1) is 12.4 Å². The van der Waals surface area contributed by atoms with E-state index in [0.717, 1.165) is 28.8 Å². The van der Waals surface area contributed by atoms with E-state index in [4.69, 9.17) is 10.5 Å². The number of ether oxygens (including phenoxy) is 1. The van der Waals surface area contributed by atoms with Gasteiger partial charge in [0.2, 0.25) is 5.91 Å². The Morgan fingerprint density at radius 3 is 2.44 bits per heavy atom. The van der Waals surface area contributed by atoms with Gasteiger partial charge in [0.1, 0.15) is 28.5 Å². The minimum absolute atomic E-state index is 0. The number of hydrogen-bond donors (Lipinski definition) is 3. The number of hydrogen-bond acceptors (Lipinski definition) is 4. The van der Waals surface area contributed by atoms with E-state index in [2.05, 4.69) is 26.2 Å². The molecule has 0 spiro atoms. The van der Waals surface area contributed by atoms with Crippen molar-refractivity contribution in [3.8, 4) is 5.75 Å². The number of nitrogens with one attached hydrogen (secondary N) is 2. The maximum atomic E-state index is 14.0. The molecule has 0 bridgehead atoms. The van der Waals surface area contributed by atoms with Crippen LogP contribution in [0.4, 0.5) is 8.78 Å². The van der Waals surface area contributed by atoms with E-state index in [-0.39, 0.29) is 40.5 Å². The van der Waals surface area contributed by atoms with E-state index >= 15 is 0 Å². The van der Waals surface area contributed by atoms with Crippen LogP contribution in [0.15, 0.2) is 51.7 Å². The first-order valence-electron chi connectivity index (χ1n) is 10.2. The molecule has 4 N–H and O–H groups in total. The van der Waals surface area contributed by atoms with Crippen molar-refractivity contribution in [3.63, 3.8) is 0 Å². The van der Waals surface area contributed by atoms with Gasteiger partial charge in [0.25, 0.3) is 5.56 Å². The summed E-state index contributed by atoms with van der Waals surface area (Å²) in [6.07, 6.45) is 0.439. The zero-order chi connectivity index (χ0) is 24.1. The molecule has 34 heavy (non-hydrogen) atoms. The Hall–Kier alpha value is -2.75. The van der Waals surface area contributed by atoms with Crippen molar-refractivity contribution in [2.24, 2.45) is 5.73 Å². The van der Waals surface area contributed by atoms with Crippen molar-refractivity contribution >= 4 is 34.2 Å². The van der Waals surface area contributed by atoms with Gasteiger partial charge >= 0.3 is 0 Å². The molecule has 1 atom stereocenters. The van der Waals surface area contributed by atoms with E-state index in [9.17, 15) is 18.4 Å². The van der Waals surface area contributed by atoms with Crippen LogP contribution in [0.3, 0.4) is 0 Å². The first-order valence-corrected chi connectivity index (χ1v) is 11.0. The zero-order valence-electron chi connectivity index (χ0n) is 18.6. The molecule has 0 aliphatic heterocycles. The Bertz CT molecular complexity index is 1220. The third-order valence-electron chi connectivity index (χ3n) is 5.10. The highest BCUT2D eigenvalue weighted by atomic mass is 79.9. The van der Waals surface area contributed by atoms with Gasteiger partial charge in [-0.05, 0) is 53.0 Å². The SMILES string of the molecule is Cc1[nH]c(=O)c(Br)c(OCc2ccc(F)cc2F)c1Cc1ccc(CNC(=O)[C@@H](C)N)cc1.Cl. The first kappa shape index (κ1) is 27.5. The fraction of sp³-hybridized carbons (Fsp3) is 0.250. The summed E-state index contributed by atoms with van der Waals surface area (Å²) in [5, 5.41) is 2.76. The zero-order valence-corrected chi connectivity index (χ0v) is 21.0. The molecule has 0 saturated heterocycles. The Morgan fingerprint density at radius 1 is 1.18 bits per heavy atom. The number of carbonyl (C=O) groups is 1. The second-order valence-corrected chi connectivity index (χ2v) is 8.52. The Labute approximate surface area is 210 Å². The molecular formula is C24H25BrClF2N3O3. The molecule has 1 aromatic heterocycles. The third kappa shape index (κ3) is 6.88. The normalized spacial score (nSPS) is 11.5. The molecule has 0 saturated carbocycles. The van der Waals surface area contributed by atoms with Gasteiger partial charge in [-0.2, -0.15) is 0 Å². The lowest BCUT2D eigenvalue weighted by Gasteiger charge is -2.16. The average molecular weight is 557 g/mol.